The van der Waals surface area contributed by atoms with E-state index in [4.69, 9.17) is 10.00 Å². The van der Waals surface area contributed by atoms with E-state index >= 15 is 0 Å². The average Bonchev–Trinajstić information content (AvgIpc) is 2.93. The second kappa shape index (κ2) is 8.64. The van der Waals surface area contributed by atoms with Gasteiger partial charge in [-0.1, -0.05) is 28.1 Å². The first-order valence-electron chi connectivity index (χ1n) is 9.05. The Morgan fingerprint density at radius 1 is 1.17 bits per heavy atom. The minimum Gasteiger partial charge on any atom is -0.492 e. The molecule has 3 amide bonds. The average molecular weight is 457 g/mol. The van der Waals surface area contributed by atoms with Gasteiger partial charge in [0.15, 0.2) is 0 Å². The van der Waals surface area contributed by atoms with Crippen LogP contribution < -0.4 is 10.1 Å². The first-order valence-corrected chi connectivity index (χ1v) is 9.84. The molecule has 3 rings (SSSR count). The Morgan fingerprint density at radius 2 is 1.83 bits per heavy atom. The van der Waals surface area contributed by atoms with Gasteiger partial charge < -0.3 is 10.1 Å². The lowest BCUT2D eigenvalue weighted by molar-refractivity contribution is -0.132. The molecule has 2 aromatic rings. The number of halogens is 1. The van der Waals surface area contributed by atoms with E-state index in [1.807, 2.05) is 42.3 Å². The highest BCUT2D eigenvalue weighted by molar-refractivity contribution is 9.10. The van der Waals surface area contributed by atoms with Crippen molar-refractivity contribution in [3.05, 3.63) is 64.1 Å². The van der Waals surface area contributed by atoms with Gasteiger partial charge in [-0.15, -0.1) is 0 Å². The zero-order valence-electron chi connectivity index (χ0n) is 16.2. The van der Waals surface area contributed by atoms with Crippen LogP contribution in [0.3, 0.4) is 0 Å². The van der Waals surface area contributed by atoms with Crippen molar-refractivity contribution < 1.29 is 14.3 Å². The van der Waals surface area contributed by atoms with Crippen LogP contribution in [-0.4, -0.2) is 48.6 Å². The number of nitrogens with one attached hydrogen (secondary N) is 1. The van der Waals surface area contributed by atoms with Crippen LogP contribution in [0.25, 0.3) is 0 Å². The third-order valence-corrected chi connectivity index (χ3v) is 5.33. The summed E-state index contributed by atoms with van der Waals surface area (Å²) in [5, 5.41) is 11.7. The number of hydrogen-bond donors (Lipinski definition) is 1. The molecule has 2 aromatic carbocycles. The molecule has 7 nitrogen and oxygen atoms in total. The fourth-order valence-corrected chi connectivity index (χ4v) is 3.33. The van der Waals surface area contributed by atoms with E-state index in [1.165, 1.54) is 4.90 Å². The monoisotopic (exact) mass is 456 g/mol. The number of imide groups is 1. The summed E-state index contributed by atoms with van der Waals surface area (Å²) in [5.74, 6) is 0.429. The molecule has 0 saturated carbocycles. The van der Waals surface area contributed by atoms with Crippen LogP contribution in [0.4, 0.5) is 4.79 Å². The van der Waals surface area contributed by atoms with Crippen molar-refractivity contribution in [3.8, 4) is 11.8 Å². The Kier molecular flexibility index (Phi) is 6.20. The number of hydrogen-bond acceptors (Lipinski definition) is 5. The number of carbonyl (C=O) groups excluding carboxylic acids is 2. The summed E-state index contributed by atoms with van der Waals surface area (Å²) < 4.78 is 6.67. The molecule has 1 aliphatic heterocycles. The van der Waals surface area contributed by atoms with E-state index in [2.05, 4.69) is 21.2 Å². The van der Waals surface area contributed by atoms with E-state index in [1.54, 1.807) is 31.2 Å². The maximum absolute atomic E-state index is 13.0. The predicted octanol–water partition coefficient (Wildman–Crippen LogP) is 3.06. The Balaban J connectivity index is 1.58. The van der Waals surface area contributed by atoms with Gasteiger partial charge in [-0.2, -0.15) is 5.26 Å². The molecule has 8 heteroatoms. The highest BCUT2D eigenvalue weighted by atomic mass is 79.9. The number of nitrogens with zero attached hydrogens (tertiary/aromatic N) is 3. The number of rotatable bonds is 7. The van der Waals surface area contributed by atoms with Crippen LogP contribution in [0.5, 0.6) is 5.75 Å². The molecule has 1 heterocycles. The predicted molar refractivity (Wildman–Crippen MR) is 111 cm³/mol. The SMILES string of the molecule is CN(CCOc1ccc(Br)cc1)CN1C(=O)N[C@@](C)(c2ccc(C#N)cc2)C1=O. The molecule has 0 radical (unpaired) electrons. The smallest absolute Gasteiger partial charge is 0.326 e. The summed E-state index contributed by atoms with van der Waals surface area (Å²) in [7, 11) is 1.82. The highest BCUT2D eigenvalue weighted by Gasteiger charge is 2.49. The standard InChI is InChI=1S/C21H21BrN4O3/c1-21(16-5-3-15(13-23)4-6-16)19(27)26(20(28)24-21)14-25(2)11-12-29-18-9-7-17(22)8-10-18/h3-10H,11-12,14H2,1-2H3,(H,24,28)/t21-/m0/s1. The van der Waals surface area contributed by atoms with E-state index in [0.717, 1.165) is 10.2 Å². The molecule has 1 N–H and O–H groups in total. The number of likely N-dealkylation sites (N-methyl/N-ethyl adjacent to an activating group) is 1. The van der Waals surface area contributed by atoms with Crippen LogP contribution in [0.1, 0.15) is 18.1 Å². The fourth-order valence-electron chi connectivity index (χ4n) is 3.06. The largest absolute Gasteiger partial charge is 0.492 e. The zero-order chi connectivity index (χ0) is 21.0. The van der Waals surface area contributed by atoms with Gasteiger partial charge in [-0.25, -0.2) is 9.69 Å². The van der Waals surface area contributed by atoms with Gasteiger partial charge in [0.25, 0.3) is 5.91 Å². The molecule has 1 aliphatic rings. The first-order chi connectivity index (χ1) is 13.8. The second-order valence-corrected chi connectivity index (χ2v) is 7.92. The van der Waals surface area contributed by atoms with E-state index in [9.17, 15) is 9.59 Å². The zero-order valence-corrected chi connectivity index (χ0v) is 17.8. The van der Waals surface area contributed by atoms with Gasteiger partial charge in [0.05, 0.1) is 18.3 Å². The van der Waals surface area contributed by atoms with Crippen LogP contribution in [0, 0.1) is 11.3 Å². The molecule has 1 atom stereocenters. The van der Waals surface area contributed by atoms with Crippen molar-refractivity contribution in [2.45, 2.75) is 12.5 Å². The topological polar surface area (TPSA) is 85.7 Å². The van der Waals surface area contributed by atoms with Gasteiger partial charge in [-0.05, 0) is 55.9 Å². The molecule has 0 spiro atoms. The molecule has 0 bridgehead atoms. The number of ether oxygens (including phenoxy) is 1. The van der Waals surface area contributed by atoms with E-state index < -0.39 is 11.6 Å². The number of amides is 3. The molecule has 1 saturated heterocycles. The van der Waals surface area contributed by atoms with Crippen molar-refractivity contribution in [2.24, 2.45) is 0 Å². The number of urea groups is 1. The summed E-state index contributed by atoms with van der Waals surface area (Å²) in [4.78, 5) is 28.4. The molecule has 29 heavy (non-hydrogen) atoms. The third-order valence-electron chi connectivity index (χ3n) is 4.80. The fraction of sp³-hybridized carbons (Fsp3) is 0.286. The summed E-state index contributed by atoms with van der Waals surface area (Å²) in [6.45, 7) is 2.79. The summed E-state index contributed by atoms with van der Waals surface area (Å²) in [5.41, 5.74) is -0.0186. The number of benzene rings is 2. The Morgan fingerprint density at radius 3 is 2.45 bits per heavy atom. The van der Waals surface area contributed by atoms with E-state index in [0.29, 0.717) is 24.3 Å². The van der Waals surface area contributed by atoms with Crippen molar-refractivity contribution in [1.82, 2.24) is 15.1 Å². The Labute approximate surface area is 178 Å². The van der Waals surface area contributed by atoms with E-state index in [-0.39, 0.29) is 12.6 Å². The van der Waals surface area contributed by atoms with Gasteiger partial charge in [0.2, 0.25) is 0 Å². The van der Waals surface area contributed by atoms with Gasteiger partial charge in [0.1, 0.15) is 17.9 Å². The minimum atomic E-state index is -1.15. The van der Waals surface area contributed by atoms with Crippen LogP contribution in [0.2, 0.25) is 0 Å². The summed E-state index contributed by atoms with van der Waals surface area (Å²) >= 11 is 3.38. The number of carbonyl (C=O) groups is 2. The summed E-state index contributed by atoms with van der Waals surface area (Å²) in [6.07, 6.45) is 0. The minimum absolute atomic E-state index is 0.153. The maximum atomic E-state index is 13.0. The molecule has 0 unspecified atom stereocenters. The lowest BCUT2D eigenvalue weighted by atomic mass is 9.91. The maximum Gasteiger partial charge on any atom is 0.326 e. The van der Waals surface area contributed by atoms with Crippen LogP contribution >= 0.6 is 15.9 Å². The quantitative estimate of drug-likeness (QED) is 0.647. The first kappa shape index (κ1) is 20.8. The van der Waals surface area contributed by atoms with Gasteiger partial charge in [-0.3, -0.25) is 9.69 Å². The van der Waals surface area contributed by atoms with Crippen LogP contribution in [0.15, 0.2) is 53.0 Å². The molecular weight excluding hydrogens is 436 g/mol. The Hall–Kier alpha value is -2.89. The number of nitriles is 1. The molecule has 0 aliphatic carbocycles. The molecular formula is C21H21BrN4O3. The van der Waals surface area contributed by atoms with Crippen molar-refractivity contribution in [1.29, 1.82) is 5.26 Å². The van der Waals surface area contributed by atoms with Crippen molar-refractivity contribution >= 4 is 27.9 Å². The molecule has 1 fully saturated rings. The van der Waals surface area contributed by atoms with Gasteiger partial charge in [0, 0.05) is 11.0 Å². The van der Waals surface area contributed by atoms with Crippen molar-refractivity contribution in [2.75, 3.05) is 26.9 Å². The highest BCUT2D eigenvalue weighted by Crippen LogP contribution is 2.29. The lowest BCUT2D eigenvalue weighted by Crippen LogP contribution is -2.43. The summed E-state index contributed by atoms with van der Waals surface area (Å²) in [6, 6.07) is 15.8. The van der Waals surface area contributed by atoms with Crippen molar-refractivity contribution in [3.63, 3.8) is 0 Å². The lowest BCUT2D eigenvalue weighted by Gasteiger charge is -2.24. The molecule has 0 aromatic heterocycles. The van der Waals surface area contributed by atoms with Crippen LogP contribution in [-0.2, 0) is 10.3 Å². The third kappa shape index (κ3) is 4.58. The normalized spacial score (nSPS) is 18.7. The Bertz CT molecular complexity index is 940. The molecule has 150 valence electrons. The second-order valence-electron chi connectivity index (χ2n) is 7.00. The van der Waals surface area contributed by atoms with Gasteiger partial charge >= 0.3 is 6.03 Å².